The quantitative estimate of drug-likeness (QED) is 0.853. The standard InChI is InChI=1S/C17H27N5O2/c1-13-19-15(11-17(20-13)22-7-9-24-10-8-22)14-3-2-5-21(12-14)6-4-16(18)23/h11,14H,2-10,12H2,1H3,(H2,18,23)/t14-/m0/s1. The van der Waals surface area contributed by atoms with Crippen molar-refractivity contribution in [3.63, 3.8) is 0 Å². The van der Waals surface area contributed by atoms with Gasteiger partial charge in [-0.25, -0.2) is 9.97 Å². The smallest absolute Gasteiger partial charge is 0.218 e. The van der Waals surface area contributed by atoms with Crippen LogP contribution >= 0.6 is 0 Å². The van der Waals surface area contributed by atoms with E-state index in [2.05, 4.69) is 20.9 Å². The molecule has 2 aliphatic heterocycles. The Labute approximate surface area is 143 Å². The van der Waals surface area contributed by atoms with Crippen LogP contribution in [0.5, 0.6) is 0 Å². The van der Waals surface area contributed by atoms with Crippen LogP contribution < -0.4 is 10.6 Å². The molecule has 1 aromatic rings. The minimum absolute atomic E-state index is 0.232. The third-order valence-corrected chi connectivity index (χ3v) is 4.78. The summed E-state index contributed by atoms with van der Waals surface area (Å²) >= 11 is 0. The van der Waals surface area contributed by atoms with Crippen molar-refractivity contribution in [2.75, 3.05) is 50.8 Å². The van der Waals surface area contributed by atoms with Crippen LogP contribution in [-0.2, 0) is 9.53 Å². The van der Waals surface area contributed by atoms with Gasteiger partial charge in [-0.3, -0.25) is 4.79 Å². The van der Waals surface area contributed by atoms with Crippen LogP contribution in [0.1, 0.15) is 36.7 Å². The Morgan fingerprint density at radius 3 is 2.88 bits per heavy atom. The first-order chi connectivity index (χ1) is 11.6. The molecule has 7 heteroatoms. The van der Waals surface area contributed by atoms with Gasteiger partial charge in [-0.1, -0.05) is 0 Å². The molecule has 0 bridgehead atoms. The Hall–Kier alpha value is -1.73. The van der Waals surface area contributed by atoms with Crippen molar-refractivity contribution >= 4 is 11.7 Å². The largest absolute Gasteiger partial charge is 0.378 e. The number of hydrogen-bond acceptors (Lipinski definition) is 6. The van der Waals surface area contributed by atoms with E-state index in [-0.39, 0.29) is 5.91 Å². The molecular weight excluding hydrogens is 306 g/mol. The molecule has 2 saturated heterocycles. The fourth-order valence-corrected chi connectivity index (χ4v) is 3.51. The Morgan fingerprint density at radius 2 is 2.12 bits per heavy atom. The summed E-state index contributed by atoms with van der Waals surface area (Å²) in [5, 5.41) is 0. The molecule has 7 nitrogen and oxygen atoms in total. The lowest BCUT2D eigenvalue weighted by molar-refractivity contribution is -0.118. The molecule has 0 aliphatic carbocycles. The van der Waals surface area contributed by atoms with E-state index >= 15 is 0 Å². The molecule has 0 saturated carbocycles. The molecule has 2 fully saturated rings. The monoisotopic (exact) mass is 333 g/mol. The van der Waals surface area contributed by atoms with E-state index in [0.717, 1.165) is 76.1 Å². The molecular formula is C17H27N5O2. The predicted molar refractivity (Wildman–Crippen MR) is 92.0 cm³/mol. The molecule has 24 heavy (non-hydrogen) atoms. The number of aryl methyl sites for hydroxylation is 1. The molecule has 0 spiro atoms. The summed E-state index contributed by atoms with van der Waals surface area (Å²) in [5.74, 6) is 2.00. The second kappa shape index (κ2) is 7.90. The van der Waals surface area contributed by atoms with E-state index in [1.54, 1.807) is 0 Å². The summed E-state index contributed by atoms with van der Waals surface area (Å²) in [6, 6.07) is 2.14. The summed E-state index contributed by atoms with van der Waals surface area (Å²) in [4.78, 5) is 24.9. The van der Waals surface area contributed by atoms with Crippen molar-refractivity contribution in [3.05, 3.63) is 17.6 Å². The van der Waals surface area contributed by atoms with Gasteiger partial charge in [0, 0.05) is 44.6 Å². The zero-order valence-corrected chi connectivity index (χ0v) is 14.4. The lowest BCUT2D eigenvalue weighted by Crippen LogP contribution is -2.38. The normalized spacial score (nSPS) is 22.5. The first kappa shape index (κ1) is 17.1. The van der Waals surface area contributed by atoms with Gasteiger partial charge in [0.05, 0.1) is 18.9 Å². The van der Waals surface area contributed by atoms with Gasteiger partial charge in [0.1, 0.15) is 11.6 Å². The predicted octanol–water partition coefficient (Wildman–Crippen LogP) is 0.676. The molecule has 1 aromatic heterocycles. The third-order valence-electron chi connectivity index (χ3n) is 4.78. The number of carbonyl (C=O) groups is 1. The number of morpholine rings is 1. The van der Waals surface area contributed by atoms with Crippen LogP contribution in [0.4, 0.5) is 5.82 Å². The molecule has 1 atom stereocenters. The first-order valence-corrected chi connectivity index (χ1v) is 8.81. The van der Waals surface area contributed by atoms with Crippen LogP contribution in [0.2, 0.25) is 0 Å². The number of rotatable bonds is 5. The average Bonchev–Trinajstić information content (AvgIpc) is 2.60. The van der Waals surface area contributed by atoms with Crippen molar-refractivity contribution in [2.45, 2.75) is 32.1 Å². The van der Waals surface area contributed by atoms with E-state index in [0.29, 0.717) is 12.3 Å². The number of anilines is 1. The van der Waals surface area contributed by atoms with Crippen LogP contribution in [0.15, 0.2) is 6.07 Å². The maximum absolute atomic E-state index is 11.0. The van der Waals surface area contributed by atoms with E-state index in [4.69, 9.17) is 15.5 Å². The highest BCUT2D eigenvalue weighted by molar-refractivity contribution is 5.73. The number of likely N-dealkylation sites (tertiary alicyclic amines) is 1. The fourth-order valence-electron chi connectivity index (χ4n) is 3.51. The molecule has 132 valence electrons. The van der Waals surface area contributed by atoms with Gasteiger partial charge in [0.15, 0.2) is 0 Å². The molecule has 0 aromatic carbocycles. The molecule has 2 aliphatic rings. The van der Waals surface area contributed by atoms with E-state index in [1.807, 2.05) is 6.92 Å². The Bertz CT molecular complexity index is 574. The molecule has 0 radical (unpaired) electrons. The van der Waals surface area contributed by atoms with Crippen molar-refractivity contribution in [3.8, 4) is 0 Å². The second-order valence-electron chi connectivity index (χ2n) is 6.65. The van der Waals surface area contributed by atoms with Gasteiger partial charge in [-0.05, 0) is 26.3 Å². The lowest BCUT2D eigenvalue weighted by Gasteiger charge is -2.33. The van der Waals surface area contributed by atoms with Crippen molar-refractivity contribution in [1.82, 2.24) is 14.9 Å². The maximum Gasteiger partial charge on any atom is 0.218 e. The summed E-state index contributed by atoms with van der Waals surface area (Å²) in [6.45, 7) is 7.94. The van der Waals surface area contributed by atoms with Crippen LogP contribution in [0, 0.1) is 6.92 Å². The van der Waals surface area contributed by atoms with Crippen molar-refractivity contribution < 1.29 is 9.53 Å². The highest BCUT2D eigenvalue weighted by Crippen LogP contribution is 2.28. The number of primary amides is 1. The first-order valence-electron chi connectivity index (χ1n) is 8.81. The molecule has 2 N–H and O–H groups in total. The van der Waals surface area contributed by atoms with E-state index < -0.39 is 0 Å². The van der Waals surface area contributed by atoms with Crippen LogP contribution in [0.25, 0.3) is 0 Å². The van der Waals surface area contributed by atoms with Crippen LogP contribution in [0.3, 0.4) is 0 Å². The summed E-state index contributed by atoms with van der Waals surface area (Å²) in [5.41, 5.74) is 6.39. The van der Waals surface area contributed by atoms with Gasteiger partial charge in [-0.2, -0.15) is 0 Å². The lowest BCUT2D eigenvalue weighted by atomic mass is 9.94. The van der Waals surface area contributed by atoms with E-state index in [9.17, 15) is 4.79 Å². The van der Waals surface area contributed by atoms with Gasteiger partial charge >= 0.3 is 0 Å². The summed E-state index contributed by atoms with van der Waals surface area (Å²) < 4.78 is 5.43. The fraction of sp³-hybridized carbons (Fsp3) is 0.706. The number of carbonyl (C=O) groups excluding carboxylic acids is 1. The van der Waals surface area contributed by atoms with Gasteiger partial charge in [0.2, 0.25) is 5.91 Å². The maximum atomic E-state index is 11.0. The van der Waals surface area contributed by atoms with Crippen molar-refractivity contribution in [1.29, 1.82) is 0 Å². The zero-order chi connectivity index (χ0) is 16.9. The minimum atomic E-state index is -0.232. The van der Waals surface area contributed by atoms with Crippen LogP contribution in [-0.4, -0.2) is 66.7 Å². The highest BCUT2D eigenvalue weighted by atomic mass is 16.5. The zero-order valence-electron chi connectivity index (χ0n) is 14.4. The summed E-state index contributed by atoms with van der Waals surface area (Å²) in [7, 11) is 0. The Morgan fingerprint density at radius 1 is 1.33 bits per heavy atom. The minimum Gasteiger partial charge on any atom is -0.378 e. The van der Waals surface area contributed by atoms with Crippen molar-refractivity contribution in [2.24, 2.45) is 5.73 Å². The number of ether oxygens (including phenoxy) is 1. The Balaban J connectivity index is 1.70. The number of piperidine rings is 1. The molecule has 1 amide bonds. The highest BCUT2D eigenvalue weighted by Gasteiger charge is 2.24. The number of amides is 1. The Kier molecular flexibility index (Phi) is 5.63. The number of nitrogens with zero attached hydrogens (tertiary/aromatic N) is 4. The number of hydrogen-bond donors (Lipinski definition) is 1. The average molecular weight is 333 g/mol. The number of nitrogens with two attached hydrogens (primary N) is 1. The van der Waals surface area contributed by atoms with Gasteiger partial charge in [0.25, 0.3) is 0 Å². The third kappa shape index (κ3) is 4.42. The molecule has 3 rings (SSSR count). The van der Waals surface area contributed by atoms with E-state index in [1.165, 1.54) is 0 Å². The SMILES string of the molecule is Cc1nc([C@H]2CCCN(CCC(N)=O)C2)cc(N2CCOCC2)n1. The van der Waals surface area contributed by atoms with Gasteiger partial charge in [-0.15, -0.1) is 0 Å². The van der Waals surface area contributed by atoms with Gasteiger partial charge < -0.3 is 20.3 Å². The second-order valence-corrected chi connectivity index (χ2v) is 6.65. The molecule has 3 heterocycles. The topological polar surface area (TPSA) is 84.6 Å². The summed E-state index contributed by atoms with van der Waals surface area (Å²) in [6.07, 6.45) is 2.68. The molecule has 0 unspecified atom stereocenters. The number of aromatic nitrogens is 2.